The lowest BCUT2D eigenvalue weighted by molar-refractivity contribution is -0.114. The van der Waals surface area contributed by atoms with Gasteiger partial charge in [0.05, 0.1) is 31.9 Å². The Kier molecular flexibility index (Phi) is 6.98. The lowest BCUT2D eigenvalue weighted by Crippen LogP contribution is -2.30. The molecule has 0 fully saturated rings. The molecule has 0 bridgehead atoms. The largest absolute Gasteiger partial charge is 0.493 e. The van der Waals surface area contributed by atoms with Crippen LogP contribution >= 0.6 is 0 Å². The molecule has 2 aromatic carbocycles. The van der Waals surface area contributed by atoms with Crippen LogP contribution in [0.4, 0.5) is 5.69 Å². The normalized spacial score (nSPS) is 11.4. The van der Waals surface area contributed by atoms with Crippen molar-refractivity contribution in [1.29, 1.82) is 0 Å². The third kappa shape index (κ3) is 5.44. The fourth-order valence-electron chi connectivity index (χ4n) is 3.05. The predicted octanol–water partition coefficient (Wildman–Crippen LogP) is 3.65. The summed E-state index contributed by atoms with van der Waals surface area (Å²) < 4.78 is 44.1. The topological polar surface area (TPSA) is 98.1 Å². The van der Waals surface area contributed by atoms with Gasteiger partial charge in [-0.2, -0.15) is 4.31 Å². The van der Waals surface area contributed by atoms with Gasteiger partial charge in [-0.05, 0) is 54.1 Å². The Balaban J connectivity index is 1.93. The van der Waals surface area contributed by atoms with Crippen LogP contribution in [0.1, 0.15) is 18.2 Å². The molecule has 0 aliphatic carbocycles. The Morgan fingerprint density at radius 2 is 1.71 bits per heavy atom. The van der Waals surface area contributed by atoms with E-state index in [0.29, 0.717) is 22.9 Å². The van der Waals surface area contributed by atoms with Gasteiger partial charge in [0, 0.05) is 19.2 Å². The molecule has 1 amide bonds. The summed E-state index contributed by atoms with van der Waals surface area (Å²) in [6.07, 6.45) is 1.50. The lowest BCUT2D eigenvalue weighted by Gasteiger charge is -2.22. The molecule has 0 unspecified atom stereocenters. The van der Waals surface area contributed by atoms with Gasteiger partial charge in [-0.15, -0.1) is 0 Å². The number of ether oxygens (including phenoxy) is 2. The fourth-order valence-corrected chi connectivity index (χ4v) is 4.44. The molecule has 9 heteroatoms. The summed E-state index contributed by atoms with van der Waals surface area (Å²) in [6.45, 7) is 1.53. The minimum Gasteiger partial charge on any atom is -0.493 e. The van der Waals surface area contributed by atoms with Crippen LogP contribution in [0.3, 0.4) is 0 Å². The number of hydrogen-bond donors (Lipinski definition) is 1. The van der Waals surface area contributed by atoms with E-state index >= 15 is 0 Å². The van der Waals surface area contributed by atoms with Crippen molar-refractivity contribution >= 4 is 21.6 Å². The smallest absolute Gasteiger partial charge is 0.243 e. The number of benzene rings is 2. The zero-order valence-electron chi connectivity index (χ0n) is 17.5. The van der Waals surface area contributed by atoms with Gasteiger partial charge < -0.3 is 19.2 Å². The van der Waals surface area contributed by atoms with Gasteiger partial charge in [0.1, 0.15) is 5.76 Å². The van der Waals surface area contributed by atoms with E-state index in [2.05, 4.69) is 5.32 Å². The molecule has 8 nitrogen and oxygen atoms in total. The van der Waals surface area contributed by atoms with E-state index in [1.165, 1.54) is 43.8 Å². The second kappa shape index (κ2) is 9.67. The molecule has 0 radical (unpaired) electrons. The van der Waals surface area contributed by atoms with Crippen molar-refractivity contribution < 1.29 is 27.1 Å². The highest BCUT2D eigenvalue weighted by atomic mass is 32.2. The maximum atomic E-state index is 13.4. The highest BCUT2D eigenvalue weighted by Gasteiger charge is 2.26. The standard InChI is InChI=1S/C22H24N2O6S/c1-16(25)23-18-7-9-20(10-8-18)31(26,27)24(15-19-5-4-12-30-19)14-17-6-11-21(28-2)22(13-17)29-3/h4-13H,14-15H2,1-3H3,(H,23,25). The van der Waals surface area contributed by atoms with Crippen molar-refractivity contribution in [1.82, 2.24) is 4.31 Å². The summed E-state index contributed by atoms with van der Waals surface area (Å²) in [5, 5.41) is 2.62. The molecule has 0 atom stereocenters. The summed E-state index contributed by atoms with van der Waals surface area (Å²) in [7, 11) is -0.806. The van der Waals surface area contributed by atoms with Gasteiger partial charge in [0.15, 0.2) is 11.5 Å². The number of sulfonamides is 1. The number of methoxy groups -OCH3 is 2. The van der Waals surface area contributed by atoms with E-state index in [-0.39, 0.29) is 23.9 Å². The molecular weight excluding hydrogens is 420 g/mol. The number of hydrogen-bond acceptors (Lipinski definition) is 6. The molecule has 31 heavy (non-hydrogen) atoms. The highest BCUT2D eigenvalue weighted by Crippen LogP contribution is 2.29. The number of rotatable bonds is 9. The van der Waals surface area contributed by atoms with Crippen molar-refractivity contribution in [3.8, 4) is 11.5 Å². The number of nitrogens with one attached hydrogen (secondary N) is 1. The Labute approximate surface area is 181 Å². The van der Waals surface area contributed by atoms with Crippen molar-refractivity contribution in [3.63, 3.8) is 0 Å². The average molecular weight is 445 g/mol. The highest BCUT2D eigenvalue weighted by molar-refractivity contribution is 7.89. The van der Waals surface area contributed by atoms with E-state index < -0.39 is 10.0 Å². The van der Waals surface area contributed by atoms with Gasteiger partial charge in [0.2, 0.25) is 15.9 Å². The molecule has 0 spiro atoms. The van der Waals surface area contributed by atoms with Crippen LogP contribution in [0.25, 0.3) is 0 Å². The van der Waals surface area contributed by atoms with Crippen LogP contribution in [-0.4, -0.2) is 32.8 Å². The Morgan fingerprint density at radius 3 is 2.29 bits per heavy atom. The molecule has 0 saturated heterocycles. The average Bonchev–Trinajstić information content (AvgIpc) is 3.26. The van der Waals surface area contributed by atoms with Crippen molar-refractivity contribution in [2.75, 3.05) is 19.5 Å². The minimum atomic E-state index is -3.87. The number of carbonyl (C=O) groups excluding carboxylic acids is 1. The van der Waals surface area contributed by atoms with Crippen molar-refractivity contribution in [2.24, 2.45) is 0 Å². The number of furan rings is 1. The van der Waals surface area contributed by atoms with Crippen LogP contribution in [0, 0.1) is 0 Å². The predicted molar refractivity (Wildman–Crippen MR) is 115 cm³/mol. The molecule has 3 rings (SSSR count). The zero-order valence-corrected chi connectivity index (χ0v) is 18.3. The molecule has 0 aliphatic heterocycles. The third-order valence-corrected chi connectivity index (χ3v) is 6.34. The van der Waals surface area contributed by atoms with Crippen LogP contribution in [-0.2, 0) is 27.9 Å². The van der Waals surface area contributed by atoms with E-state index in [1.54, 1.807) is 42.5 Å². The van der Waals surface area contributed by atoms with Crippen LogP contribution in [0.2, 0.25) is 0 Å². The maximum absolute atomic E-state index is 13.4. The lowest BCUT2D eigenvalue weighted by atomic mass is 10.2. The van der Waals surface area contributed by atoms with E-state index in [4.69, 9.17) is 13.9 Å². The number of nitrogens with zero attached hydrogens (tertiary/aromatic N) is 1. The van der Waals surface area contributed by atoms with E-state index in [9.17, 15) is 13.2 Å². The van der Waals surface area contributed by atoms with Crippen LogP contribution < -0.4 is 14.8 Å². The third-order valence-electron chi connectivity index (χ3n) is 4.53. The van der Waals surface area contributed by atoms with Crippen LogP contribution in [0.15, 0.2) is 70.2 Å². The van der Waals surface area contributed by atoms with E-state index in [0.717, 1.165) is 5.56 Å². The number of carbonyl (C=O) groups is 1. The second-order valence-corrected chi connectivity index (χ2v) is 8.69. The van der Waals surface area contributed by atoms with Crippen molar-refractivity contribution in [3.05, 3.63) is 72.2 Å². The first kappa shape index (κ1) is 22.4. The van der Waals surface area contributed by atoms with Gasteiger partial charge in [-0.25, -0.2) is 8.42 Å². The monoisotopic (exact) mass is 444 g/mol. The Bertz CT molecular complexity index is 1130. The van der Waals surface area contributed by atoms with Crippen LogP contribution in [0.5, 0.6) is 11.5 Å². The molecular formula is C22H24N2O6S. The molecule has 3 aromatic rings. The van der Waals surface area contributed by atoms with Gasteiger partial charge in [0.25, 0.3) is 0 Å². The first-order valence-corrected chi connectivity index (χ1v) is 10.9. The zero-order chi connectivity index (χ0) is 22.4. The summed E-state index contributed by atoms with van der Waals surface area (Å²) in [5.74, 6) is 1.35. The summed E-state index contributed by atoms with van der Waals surface area (Å²) in [6, 6.07) is 14.7. The minimum absolute atomic E-state index is 0.0527. The molecule has 1 aromatic heterocycles. The van der Waals surface area contributed by atoms with Crippen molar-refractivity contribution in [2.45, 2.75) is 24.9 Å². The summed E-state index contributed by atoms with van der Waals surface area (Å²) >= 11 is 0. The SMILES string of the molecule is COc1ccc(CN(Cc2ccco2)S(=O)(=O)c2ccc(NC(C)=O)cc2)cc1OC. The fraction of sp³-hybridized carbons (Fsp3) is 0.227. The second-order valence-electron chi connectivity index (χ2n) is 6.75. The summed E-state index contributed by atoms with van der Waals surface area (Å²) in [5.41, 5.74) is 1.24. The first-order valence-electron chi connectivity index (χ1n) is 9.44. The van der Waals surface area contributed by atoms with Gasteiger partial charge in [-0.1, -0.05) is 6.07 Å². The number of anilines is 1. The van der Waals surface area contributed by atoms with Gasteiger partial charge in [-0.3, -0.25) is 4.79 Å². The Morgan fingerprint density at radius 1 is 1.00 bits per heavy atom. The Hall–Kier alpha value is -3.30. The number of amides is 1. The molecule has 1 N–H and O–H groups in total. The molecule has 0 saturated carbocycles. The molecule has 164 valence electrons. The molecule has 1 heterocycles. The molecule has 0 aliphatic rings. The maximum Gasteiger partial charge on any atom is 0.243 e. The van der Waals surface area contributed by atoms with Gasteiger partial charge >= 0.3 is 0 Å². The quantitative estimate of drug-likeness (QED) is 0.541. The summed E-state index contributed by atoms with van der Waals surface area (Å²) in [4.78, 5) is 11.3. The van der Waals surface area contributed by atoms with E-state index in [1.807, 2.05) is 0 Å². The first-order chi connectivity index (χ1) is 14.8.